The van der Waals surface area contributed by atoms with Crippen molar-refractivity contribution in [3.05, 3.63) is 59.2 Å². The fourth-order valence-corrected chi connectivity index (χ4v) is 6.81. The normalized spacial score (nSPS) is 20.2. The van der Waals surface area contributed by atoms with E-state index >= 15 is 0 Å². The van der Waals surface area contributed by atoms with Crippen LogP contribution in [-0.2, 0) is 14.8 Å². The highest BCUT2D eigenvalue weighted by molar-refractivity contribution is 7.89. The quantitative estimate of drug-likeness (QED) is 0.625. The molecule has 2 aromatic rings. The van der Waals surface area contributed by atoms with Crippen molar-refractivity contribution < 1.29 is 17.9 Å². The molecule has 0 bridgehead atoms. The van der Waals surface area contributed by atoms with Crippen LogP contribution >= 0.6 is 0 Å². The van der Waals surface area contributed by atoms with Gasteiger partial charge in [-0.1, -0.05) is 29.8 Å². The third-order valence-electron chi connectivity index (χ3n) is 6.86. The van der Waals surface area contributed by atoms with Gasteiger partial charge in [0.2, 0.25) is 15.9 Å². The van der Waals surface area contributed by atoms with Gasteiger partial charge in [-0.05, 0) is 75.8 Å². The van der Waals surface area contributed by atoms with Gasteiger partial charge in [0.1, 0.15) is 5.75 Å². The zero-order chi connectivity index (χ0) is 23.6. The van der Waals surface area contributed by atoms with Crippen LogP contribution in [0.15, 0.2) is 47.4 Å². The van der Waals surface area contributed by atoms with Gasteiger partial charge in [-0.25, -0.2) is 8.42 Å². The summed E-state index contributed by atoms with van der Waals surface area (Å²) < 4.78 is 33.5. The molecule has 2 heterocycles. The fourth-order valence-electron chi connectivity index (χ4n) is 5.14. The first-order valence-electron chi connectivity index (χ1n) is 11.9. The van der Waals surface area contributed by atoms with Crippen LogP contribution < -0.4 is 4.74 Å². The van der Waals surface area contributed by atoms with E-state index in [2.05, 4.69) is 12.1 Å². The van der Waals surface area contributed by atoms with Gasteiger partial charge in [0.05, 0.1) is 17.5 Å². The second-order valence-corrected chi connectivity index (χ2v) is 11.0. The summed E-state index contributed by atoms with van der Waals surface area (Å²) in [5, 5.41) is 0. The van der Waals surface area contributed by atoms with Crippen LogP contribution in [0.25, 0.3) is 0 Å². The predicted molar refractivity (Wildman–Crippen MR) is 129 cm³/mol. The van der Waals surface area contributed by atoms with Crippen molar-refractivity contribution in [3.8, 4) is 5.75 Å². The van der Waals surface area contributed by atoms with E-state index in [0.29, 0.717) is 37.4 Å². The Morgan fingerprint density at radius 3 is 2.33 bits per heavy atom. The molecule has 0 aliphatic carbocycles. The van der Waals surface area contributed by atoms with Crippen molar-refractivity contribution in [1.82, 2.24) is 9.21 Å². The summed E-state index contributed by atoms with van der Waals surface area (Å²) in [5.74, 6) is 0.878. The molecule has 4 rings (SSSR count). The first-order valence-corrected chi connectivity index (χ1v) is 13.4. The van der Waals surface area contributed by atoms with Crippen molar-refractivity contribution in [3.63, 3.8) is 0 Å². The van der Waals surface area contributed by atoms with Gasteiger partial charge in [-0.3, -0.25) is 4.79 Å². The molecule has 0 saturated carbocycles. The molecule has 0 unspecified atom stereocenters. The van der Waals surface area contributed by atoms with Crippen LogP contribution in [-0.4, -0.2) is 49.8 Å². The third-order valence-corrected chi connectivity index (χ3v) is 8.92. The number of hydrogen-bond acceptors (Lipinski definition) is 4. The molecular weight excluding hydrogens is 436 g/mol. The van der Waals surface area contributed by atoms with E-state index < -0.39 is 10.0 Å². The molecule has 178 valence electrons. The molecule has 0 N–H and O–H groups in total. The molecule has 1 atom stereocenters. The van der Waals surface area contributed by atoms with E-state index in [9.17, 15) is 13.2 Å². The molecule has 33 heavy (non-hydrogen) atoms. The second kappa shape index (κ2) is 9.85. The number of ether oxygens (including phenoxy) is 1. The molecule has 6 nitrogen and oxygen atoms in total. The minimum Gasteiger partial charge on any atom is -0.494 e. The number of hydrogen-bond donors (Lipinski definition) is 0. The Bertz CT molecular complexity index is 1090. The molecule has 2 aromatic carbocycles. The lowest BCUT2D eigenvalue weighted by Crippen LogP contribution is -2.44. The summed E-state index contributed by atoms with van der Waals surface area (Å²) >= 11 is 0. The molecule has 1 amide bonds. The topological polar surface area (TPSA) is 66.9 Å². The van der Waals surface area contributed by atoms with Crippen molar-refractivity contribution >= 4 is 15.9 Å². The van der Waals surface area contributed by atoms with Crippen LogP contribution in [0, 0.1) is 19.8 Å². The van der Waals surface area contributed by atoms with Gasteiger partial charge in [0.25, 0.3) is 0 Å². The minimum absolute atomic E-state index is 0.0881. The standard InChI is InChI=1S/C26H34N2O4S/c1-4-32-23-10-8-21(9-11-23)24-6-5-15-28(24)26(29)22-13-16-27(17-14-22)33(30,31)25-12-7-19(2)18-20(25)3/h7-12,18,22,24H,4-6,13-17H2,1-3H3/t24-/m0/s1. The Hall–Kier alpha value is -2.38. The largest absolute Gasteiger partial charge is 0.494 e. The molecule has 2 saturated heterocycles. The number of likely N-dealkylation sites (tertiary alicyclic amines) is 1. The summed E-state index contributed by atoms with van der Waals surface area (Å²) in [6, 6.07) is 13.6. The Labute approximate surface area is 197 Å². The predicted octanol–water partition coefficient (Wildman–Crippen LogP) is 4.47. The number of amides is 1. The molecule has 0 aromatic heterocycles. The lowest BCUT2D eigenvalue weighted by Gasteiger charge is -2.34. The number of benzene rings is 2. The minimum atomic E-state index is -3.54. The average molecular weight is 471 g/mol. The Balaban J connectivity index is 1.41. The summed E-state index contributed by atoms with van der Waals surface area (Å²) in [7, 11) is -3.54. The van der Waals surface area contributed by atoms with E-state index in [1.807, 2.05) is 49.9 Å². The summed E-state index contributed by atoms with van der Waals surface area (Å²) in [5.41, 5.74) is 2.95. The number of nitrogens with zero attached hydrogens (tertiary/aromatic N) is 2. The highest BCUT2D eigenvalue weighted by atomic mass is 32.2. The van der Waals surface area contributed by atoms with Crippen molar-refractivity contribution in [2.24, 2.45) is 5.92 Å². The molecular formula is C26H34N2O4S. The van der Waals surface area contributed by atoms with Crippen LogP contribution in [0.3, 0.4) is 0 Å². The average Bonchev–Trinajstić information content (AvgIpc) is 3.29. The van der Waals surface area contributed by atoms with Crippen molar-refractivity contribution in [2.75, 3.05) is 26.2 Å². The number of carbonyl (C=O) groups excluding carboxylic acids is 1. The van der Waals surface area contributed by atoms with E-state index in [0.717, 1.165) is 41.8 Å². The van der Waals surface area contributed by atoms with Crippen LogP contribution in [0.5, 0.6) is 5.75 Å². The fraction of sp³-hybridized carbons (Fsp3) is 0.500. The zero-order valence-corrected chi connectivity index (χ0v) is 20.6. The summed E-state index contributed by atoms with van der Waals surface area (Å²) in [4.78, 5) is 15.8. The van der Waals surface area contributed by atoms with Gasteiger partial charge < -0.3 is 9.64 Å². The maximum Gasteiger partial charge on any atom is 0.243 e. The molecule has 0 radical (unpaired) electrons. The number of sulfonamides is 1. The van der Waals surface area contributed by atoms with Crippen molar-refractivity contribution in [2.45, 2.75) is 57.4 Å². The second-order valence-electron chi connectivity index (χ2n) is 9.14. The molecule has 0 spiro atoms. The van der Waals surface area contributed by atoms with E-state index in [1.165, 1.54) is 0 Å². The van der Waals surface area contributed by atoms with Crippen molar-refractivity contribution in [1.29, 1.82) is 0 Å². The SMILES string of the molecule is CCOc1ccc([C@@H]2CCCN2C(=O)C2CCN(S(=O)(=O)c3ccc(C)cc3C)CC2)cc1. The number of aryl methyl sites for hydroxylation is 2. The van der Waals surface area contributed by atoms with Crippen LogP contribution in [0.4, 0.5) is 0 Å². The van der Waals surface area contributed by atoms with Gasteiger partial charge in [0, 0.05) is 25.6 Å². The highest BCUT2D eigenvalue weighted by Gasteiger charge is 2.38. The Morgan fingerprint density at radius 1 is 1.00 bits per heavy atom. The van der Waals surface area contributed by atoms with E-state index in [-0.39, 0.29) is 17.9 Å². The smallest absolute Gasteiger partial charge is 0.243 e. The lowest BCUT2D eigenvalue weighted by molar-refractivity contribution is -0.137. The van der Waals surface area contributed by atoms with Gasteiger partial charge >= 0.3 is 0 Å². The zero-order valence-electron chi connectivity index (χ0n) is 19.8. The first kappa shape index (κ1) is 23.8. The van der Waals surface area contributed by atoms with Crippen LogP contribution in [0.2, 0.25) is 0 Å². The summed E-state index contributed by atoms with van der Waals surface area (Å²) in [6.07, 6.45) is 3.08. The highest BCUT2D eigenvalue weighted by Crippen LogP contribution is 2.36. The maximum atomic E-state index is 13.4. The first-order chi connectivity index (χ1) is 15.8. The molecule has 2 aliphatic heterocycles. The van der Waals surface area contributed by atoms with Crippen LogP contribution in [0.1, 0.15) is 55.3 Å². The molecule has 7 heteroatoms. The lowest BCUT2D eigenvalue weighted by atomic mass is 9.95. The van der Waals surface area contributed by atoms with E-state index in [4.69, 9.17) is 4.74 Å². The van der Waals surface area contributed by atoms with E-state index in [1.54, 1.807) is 10.4 Å². The monoisotopic (exact) mass is 470 g/mol. The number of piperidine rings is 1. The Morgan fingerprint density at radius 2 is 1.70 bits per heavy atom. The maximum absolute atomic E-state index is 13.4. The van der Waals surface area contributed by atoms with Gasteiger partial charge in [-0.15, -0.1) is 0 Å². The number of carbonyl (C=O) groups is 1. The van der Waals surface area contributed by atoms with Gasteiger partial charge in [0.15, 0.2) is 0 Å². The molecule has 2 aliphatic rings. The summed E-state index contributed by atoms with van der Waals surface area (Å²) in [6.45, 7) is 7.91. The van der Waals surface area contributed by atoms with Gasteiger partial charge in [-0.2, -0.15) is 4.31 Å². The number of rotatable bonds is 6. The molecule has 2 fully saturated rings. The third kappa shape index (κ3) is 4.94. The Kier molecular flexibility index (Phi) is 7.10.